The van der Waals surface area contributed by atoms with Gasteiger partial charge in [0.2, 0.25) is 5.91 Å². The molecular formula is C9H18N2O. The molecule has 1 saturated heterocycles. The Kier molecular flexibility index (Phi) is 3.53. The maximum atomic E-state index is 11.4. The van der Waals surface area contributed by atoms with Crippen molar-refractivity contribution in [2.75, 3.05) is 6.54 Å². The summed E-state index contributed by atoms with van der Waals surface area (Å²) in [6, 6.07) is 0.423. The van der Waals surface area contributed by atoms with Gasteiger partial charge in [-0.2, -0.15) is 0 Å². The molecule has 1 heterocycles. The smallest absolute Gasteiger partial charge is 0.237 e. The van der Waals surface area contributed by atoms with Gasteiger partial charge in [0.25, 0.3) is 0 Å². The third-order valence-corrected chi connectivity index (χ3v) is 2.07. The monoisotopic (exact) mass is 170 g/mol. The van der Waals surface area contributed by atoms with E-state index in [2.05, 4.69) is 24.5 Å². The molecule has 1 amide bonds. The van der Waals surface area contributed by atoms with Crippen LogP contribution < -0.4 is 10.6 Å². The number of amides is 1. The quantitative estimate of drug-likeness (QED) is 0.639. The summed E-state index contributed by atoms with van der Waals surface area (Å²) in [6.45, 7) is 4.98. The maximum absolute atomic E-state index is 11.4. The van der Waals surface area contributed by atoms with Crippen molar-refractivity contribution in [1.82, 2.24) is 10.6 Å². The zero-order valence-corrected chi connectivity index (χ0v) is 7.89. The lowest BCUT2D eigenvalue weighted by atomic mass is 10.1. The Morgan fingerprint density at radius 1 is 1.50 bits per heavy atom. The molecule has 1 aliphatic rings. The Morgan fingerprint density at radius 2 is 2.25 bits per heavy atom. The van der Waals surface area contributed by atoms with Crippen molar-refractivity contribution in [3.8, 4) is 0 Å². The van der Waals surface area contributed by atoms with Gasteiger partial charge in [0, 0.05) is 12.6 Å². The van der Waals surface area contributed by atoms with E-state index in [1.807, 2.05) is 0 Å². The molecule has 0 radical (unpaired) electrons. The minimum Gasteiger partial charge on any atom is -0.355 e. The molecule has 0 saturated carbocycles. The van der Waals surface area contributed by atoms with Gasteiger partial charge in [0.1, 0.15) is 0 Å². The van der Waals surface area contributed by atoms with Gasteiger partial charge in [-0.25, -0.2) is 0 Å². The Morgan fingerprint density at radius 3 is 2.92 bits per heavy atom. The van der Waals surface area contributed by atoms with E-state index in [4.69, 9.17) is 0 Å². The highest BCUT2D eigenvalue weighted by atomic mass is 16.2. The third-order valence-electron chi connectivity index (χ3n) is 2.07. The molecule has 0 aromatic heterocycles. The molecule has 12 heavy (non-hydrogen) atoms. The molecular weight excluding hydrogens is 152 g/mol. The van der Waals surface area contributed by atoms with Crippen LogP contribution in [0.15, 0.2) is 0 Å². The van der Waals surface area contributed by atoms with Gasteiger partial charge in [-0.1, -0.05) is 13.8 Å². The van der Waals surface area contributed by atoms with Crippen molar-refractivity contribution in [3.63, 3.8) is 0 Å². The number of nitrogens with one attached hydrogen (secondary N) is 2. The van der Waals surface area contributed by atoms with Crippen molar-refractivity contribution in [2.45, 2.75) is 45.2 Å². The van der Waals surface area contributed by atoms with Gasteiger partial charge in [-0.05, 0) is 19.3 Å². The topological polar surface area (TPSA) is 41.1 Å². The molecule has 1 rings (SSSR count). The minimum atomic E-state index is 0.0347. The van der Waals surface area contributed by atoms with Gasteiger partial charge in [0.15, 0.2) is 0 Å². The fraction of sp³-hybridized carbons (Fsp3) is 0.889. The Hall–Kier alpha value is -0.570. The SMILES string of the molecule is CC(C)NC1CCCCNC1=O. The van der Waals surface area contributed by atoms with Crippen molar-refractivity contribution in [1.29, 1.82) is 0 Å². The lowest BCUT2D eigenvalue weighted by Crippen LogP contribution is -2.45. The number of rotatable bonds is 2. The van der Waals surface area contributed by atoms with E-state index in [0.717, 1.165) is 25.8 Å². The number of hydrogen-bond acceptors (Lipinski definition) is 2. The largest absolute Gasteiger partial charge is 0.355 e. The Balaban J connectivity index is 2.42. The molecule has 0 aromatic rings. The standard InChI is InChI=1S/C9H18N2O/c1-7(2)11-8-5-3-4-6-10-9(8)12/h7-8,11H,3-6H2,1-2H3,(H,10,12). The van der Waals surface area contributed by atoms with Crippen LogP contribution >= 0.6 is 0 Å². The van der Waals surface area contributed by atoms with E-state index < -0.39 is 0 Å². The Bertz CT molecular complexity index is 157. The van der Waals surface area contributed by atoms with Crippen molar-refractivity contribution in [2.24, 2.45) is 0 Å². The molecule has 3 heteroatoms. The van der Waals surface area contributed by atoms with E-state index in [9.17, 15) is 4.79 Å². The first kappa shape index (κ1) is 9.52. The zero-order valence-electron chi connectivity index (χ0n) is 7.89. The van der Waals surface area contributed by atoms with Crippen molar-refractivity contribution >= 4 is 5.91 Å². The molecule has 0 aliphatic carbocycles. The first-order valence-corrected chi connectivity index (χ1v) is 4.74. The summed E-state index contributed by atoms with van der Waals surface area (Å²) in [5, 5.41) is 6.16. The highest BCUT2D eigenvalue weighted by molar-refractivity contribution is 5.81. The van der Waals surface area contributed by atoms with E-state index in [1.165, 1.54) is 0 Å². The average Bonchev–Trinajstić information content (AvgIpc) is 2.16. The van der Waals surface area contributed by atoms with Gasteiger partial charge in [-0.3, -0.25) is 4.79 Å². The summed E-state index contributed by atoms with van der Waals surface area (Å²) >= 11 is 0. The second-order valence-corrected chi connectivity index (χ2v) is 3.66. The summed E-state index contributed by atoms with van der Waals surface area (Å²) < 4.78 is 0. The molecule has 1 fully saturated rings. The molecule has 70 valence electrons. The van der Waals surface area contributed by atoms with Crippen molar-refractivity contribution in [3.05, 3.63) is 0 Å². The van der Waals surface area contributed by atoms with Crippen LogP contribution in [0.4, 0.5) is 0 Å². The summed E-state index contributed by atoms with van der Waals surface area (Å²) in [5.74, 6) is 0.168. The molecule has 1 aliphatic heterocycles. The van der Waals surface area contributed by atoms with Gasteiger partial charge in [0.05, 0.1) is 6.04 Å². The summed E-state index contributed by atoms with van der Waals surface area (Å²) in [5.41, 5.74) is 0. The number of carbonyl (C=O) groups is 1. The predicted octanol–water partition coefficient (Wildman–Crippen LogP) is 0.653. The van der Waals surface area contributed by atoms with Crippen LogP contribution in [-0.4, -0.2) is 24.5 Å². The highest BCUT2D eigenvalue weighted by Gasteiger charge is 2.20. The van der Waals surface area contributed by atoms with Crippen LogP contribution in [0.5, 0.6) is 0 Å². The van der Waals surface area contributed by atoms with Crippen LogP contribution in [-0.2, 0) is 4.79 Å². The second kappa shape index (κ2) is 4.45. The summed E-state index contributed by atoms with van der Waals surface area (Å²) in [6.07, 6.45) is 3.23. The normalized spacial score (nSPS) is 25.2. The fourth-order valence-corrected chi connectivity index (χ4v) is 1.50. The molecule has 0 bridgehead atoms. The highest BCUT2D eigenvalue weighted by Crippen LogP contribution is 2.05. The van der Waals surface area contributed by atoms with Crippen molar-refractivity contribution < 1.29 is 4.79 Å². The fourth-order valence-electron chi connectivity index (χ4n) is 1.50. The van der Waals surface area contributed by atoms with Crippen LogP contribution in [0.1, 0.15) is 33.1 Å². The molecule has 1 unspecified atom stereocenters. The van der Waals surface area contributed by atoms with Crippen LogP contribution in [0.3, 0.4) is 0 Å². The number of hydrogen-bond donors (Lipinski definition) is 2. The molecule has 2 N–H and O–H groups in total. The molecule has 0 spiro atoms. The molecule has 1 atom stereocenters. The van der Waals surface area contributed by atoms with E-state index >= 15 is 0 Å². The van der Waals surface area contributed by atoms with E-state index in [0.29, 0.717) is 6.04 Å². The average molecular weight is 170 g/mol. The van der Waals surface area contributed by atoms with Gasteiger partial charge < -0.3 is 10.6 Å². The summed E-state index contributed by atoms with van der Waals surface area (Å²) in [7, 11) is 0. The molecule has 0 aromatic carbocycles. The van der Waals surface area contributed by atoms with E-state index in [1.54, 1.807) is 0 Å². The lowest BCUT2D eigenvalue weighted by molar-refractivity contribution is -0.123. The van der Waals surface area contributed by atoms with Crippen LogP contribution in [0.25, 0.3) is 0 Å². The predicted molar refractivity (Wildman–Crippen MR) is 48.9 cm³/mol. The molecule has 3 nitrogen and oxygen atoms in total. The maximum Gasteiger partial charge on any atom is 0.237 e. The Labute approximate surface area is 73.9 Å². The van der Waals surface area contributed by atoms with Crippen LogP contribution in [0.2, 0.25) is 0 Å². The lowest BCUT2D eigenvalue weighted by Gasteiger charge is -2.17. The second-order valence-electron chi connectivity index (χ2n) is 3.66. The summed E-state index contributed by atoms with van der Waals surface area (Å²) in [4.78, 5) is 11.4. The van der Waals surface area contributed by atoms with Gasteiger partial charge >= 0.3 is 0 Å². The third kappa shape index (κ3) is 2.81. The van der Waals surface area contributed by atoms with Crippen LogP contribution in [0, 0.1) is 0 Å². The van der Waals surface area contributed by atoms with Gasteiger partial charge in [-0.15, -0.1) is 0 Å². The minimum absolute atomic E-state index is 0.0347. The zero-order chi connectivity index (χ0) is 8.97. The van der Waals surface area contributed by atoms with E-state index in [-0.39, 0.29) is 11.9 Å². The number of carbonyl (C=O) groups excluding carboxylic acids is 1. The first-order valence-electron chi connectivity index (χ1n) is 4.74. The first-order chi connectivity index (χ1) is 5.70.